The van der Waals surface area contributed by atoms with Gasteiger partial charge in [0.2, 0.25) is 5.91 Å². The topological polar surface area (TPSA) is 58.6 Å². The number of amides is 2. The number of likely N-dealkylation sites (N-methyl/N-ethyl adjacent to an activating group) is 1. The van der Waals surface area contributed by atoms with E-state index in [1.54, 1.807) is 43.4 Å². The van der Waals surface area contributed by atoms with Crippen LogP contribution < -0.4 is 10.1 Å². The molecular formula is C25H22BrCl3N2O3. The zero-order valence-electron chi connectivity index (χ0n) is 18.2. The largest absolute Gasteiger partial charge is 0.483 e. The Morgan fingerprint density at radius 2 is 1.68 bits per heavy atom. The number of nitrogens with one attached hydrogen (secondary N) is 1. The van der Waals surface area contributed by atoms with E-state index < -0.39 is 6.04 Å². The van der Waals surface area contributed by atoms with Gasteiger partial charge in [0.15, 0.2) is 6.61 Å². The van der Waals surface area contributed by atoms with Crippen molar-refractivity contribution in [1.29, 1.82) is 0 Å². The normalized spacial score (nSPS) is 11.6. The molecule has 0 saturated carbocycles. The van der Waals surface area contributed by atoms with E-state index in [9.17, 15) is 9.59 Å². The van der Waals surface area contributed by atoms with Crippen molar-refractivity contribution in [2.75, 3.05) is 13.7 Å². The molecule has 0 bridgehead atoms. The second-order valence-corrected chi connectivity index (χ2v) is 9.57. The van der Waals surface area contributed by atoms with E-state index in [2.05, 4.69) is 21.2 Å². The van der Waals surface area contributed by atoms with E-state index in [-0.39, 0.29) is 25.0 Å². The highest BCUT2D eigenvalue weighted by Crippen LogP contribution is 2.28. The highest BCUT2D eigenvalue weighted by molar-refractivity contribution is 9.10. The zero-order valence-corrected chi connectivity index (χ0v) is 22.1. The van der Waals surface area contributed by atoms with Crippen LogP contribution in [0.2, 0.25) is 15.1 Å². The zero-order chi connectivity index (χ0) is 24.7. The Bertz CT molecular complexity index is 1160. The van der Waals surface area contributed by atoms with Crippen LogP contribution in [-0.4, -0.2) is 36.4 Å². The Morgan fingerprint density at radius 1 is 1.00 bits per heavy atom. The average molecular weight is 585 g/mol. The molecule has 0 aromatic heterocycles. The summed E-state index contributed by atoms with van der Waals surface area (Å²) in [7, 11) is 1.54. The first-order valence-corrected chi connectivity index (χ1v) is 12.3. The smallest absolute Gasteiger partial charge is 0.261 e. The van der Waals surface area contributed by atoms with Gasteiger partial charge in [-0.1, -0.05) is 71.2 Å². The predicted octanol–water partition coefficient (Wildman–Crippen LogP) is 6.17. The lowest BCUT2D eigenvalue weighted by molar-refractivity contribution is -0.142. The number of rotatable bonds is 9. The maximum absolute atomic E-state index is 13.4. The SMILES string of the molecule is CNC(=O)[C@@H](Cc1ccccc1)N(Cc1ccc(Cl)cc1Cl)C(=O)COc1ccc(Cl)cc1Br. The lowest BCUT2D eigenvalue weighted by Gasteiger charge is -2.31. The first-order valence-electron chi connectivity index (χ1n) is 10.3. The minimum Gasteiger partial charge on any atom is -0.483 e. The van der Waals surface area contributed by atoms with Crippen molar-refractivity contribution in [1.82, 2.24) is 10.2 Å². The van der Waals surface area contributed by atoms with Crippen molar-refractivity contribution in [2.24, 2.45) is 0 Å². The summed E-state index contributed by atoms with van der Waals surface area (Å²) in [5.41, 5.74) is 1.58. The van der Waals surface area contributed by atoms with Gasteiger partial charge in [-0.05, 0) is 57.4 Å². The summed E-state index contributed by atoms with van der Waals surface area (Å²) >= 11 is 21.8. The van der Waals surface area contributed by atoms with Crippen molar-refractivity contribution in [2.45, 2.75) is 19.0 Å². The van der Waals surface area contributed by atoms with Crippen molar-refractivity contribution < 1.29 is 14.3 Å². The maximum atomic E-state index is 13.4. The number of halogens is 4. The molecule has 0 aliphatic heterocycles. The van der Waals surface area contributed by atoms with Gasteiger partial charge in [-0.2, -0.15) is 0 Å². The predicted molar refractivity (Wildman–Crippen MR) is 140 cm³/mol. The molecule has 34 heavy (non-hydrogen) atoms. The standard InChI is InChI=1S/C25H22BrCl3N2O3/c1-30-25(33)22(11-16-5-3-2-4-6-16)31(14-17-7-8-19(28)13-21(17)29)24(32)15-34-23-10-9-18(27)12-20(23)26/h2-10,12-13,22H,11,14-15H2,1H3,(H,30,33)/t22-/m1/s1. The van der Waals surface area contributed by atoms with Crippen LogP contribution >= 0.6 is 50.7 Å². The van der Waals surface area contributed by atoms with Crippen LogP contribution in [0, 0.1) is 0 Å². The van der Waals surface area contributed by atoms with E-state index in [4.69, 9.17) is 39.5 Å². The van der Waals surface area contributed by atoms with Crippen molar-refractivity contribution in [3.8, 4) is 5.75 Å². The van der Waals surface area contributed by atoms with Gasteiger partial charge in [0.25, 0.3) is 5.91 Å². The van der Waals surface area contributed by atoms with E-state index in [0.717, 1.165) is 5.56 Å². The fraction of sp³-hybridized carbons (Fsp3) is 0.200. The molecule has 1 N–H and O–H groups in total. The van der Waals surface area contributed by atoms with E-state index in [1.165, 1.54) is 4.90 Å². The number of ether oxygens (including phenoxy) is 1. The molecule has 5 nitrogen and oxygen atoms in total. The first-order chi connectivity index (χ1) is 16.3. The number of benzene rings is 3. The quantitative estimate of drug-likeness (QED) is 0.327. The Balaban J connectivity index is 1.91. The Labute approximate surface area is 222 Å². The number of nitrogens with zero attached hydrogens (tertiary/aromatic N) is 1. The molecule has 3 rings (SSSR count). The molecule has 0 aliphatic carbocycles. The van der Waals surface area contributed by atoms with E-state index in [0.29, 0.717) is 37.3 Å². The van der Waals surface area contributed by atoms with Gasteiger partial charge >= 0.3 is 0 Å². The Hall–Kier alpha value is -2.25. The Morgan fingerprint density at radius 3 is 2.32 bits per heavy atom. The first kappa shape index (κ1) is 26.4. The van der Waals surface area contributed by atoms with Crippen LogP contribution in [0.1, 0.15) is 11.1 Å². The molecule has 0 aliphatic rings. The van der Waals surface area contributed by atoms with E-state index in [1.807, 2.05) is 30.3 Å². The maximum Gasteiger partial charge on any atom is 0.261 e. The molecule has 1 atom stereocenters. The van der Waals surface area contributed by atoms with Gasteiger partial charge < -0.3 is 15.0 Å². The lowest BCUT2D eigenvalue weighted by Crippen LogP contribution is -2.51. The van der Waals surface area contributed by atoms with Gasteiger partial charge in [-0.3, -0.25) is 9.59 Å². The van der Waals surface area contributed by atoms with Crippen LogP contribution in [0.3, 0.4) is 0 Å². The molecule has 3 aromatic carbocycles. The summed E-state index contributed by atoms with van der Waals surface area (Å²) < 4.78 is 6.37. The highest BCUT2D eigenvalue weighted by Gasteiger charge is 2.30. The third-order valence-electron chi connectivity index (χ3n) is 5.12. The molecule has 3 aromatic rings. The van der Waals surface area contributed by atoms with Crippen LogP contribution in [0.5, 0.6) is 5.75 Å². The second-order valence-electron chi connectivity index (χ2n) is 7.44. The summed E-state index contributed by atoms with van der Waals surface area (Å²) in [6.45, 7) is -0.182. The van der Waals surface area contributed by atoms with Crippen LogP contribution in [-0.2, 0) is 22.6 Å². The minimum absolute atomic E-state index is 0.102. The highest BCUT2D eigenvalue weighted by atomic mass is 79.9. The Kier molecular flexibility index (Phi) is 9.65. The summed E-state index contributed by atoms with van der Waals surface area (Å²) in [5, 5.41) is 4.09. The van der Waals surface area contributed by atoms with Crippen LogP contribution in [0.4, 0.5) is 0 Å². The number of carbonyl (C=O) groups excluding carboxylic acids is 2. The molecule has 0 spiro atoms. The molecule has 0 unspecified atom stereocenters. The van der Waals surface area contributed by atoms with Crippen molar-refractivity contribution in [3.63, 3.8) is 0 Å². The summed E-state index contributed by atoms with van der Waals surface area (Å²) in [4.78, 5) is 27.9. The molecule has 9 heteroatoms. The third kappa shape index (κ3) is 7.12. The molecule has 2 amide bonds. The monoisotopic (exact) mass is 582 g/mol. The number of carbonyl (C=O) groups is 2. The second kappa shape index (κ2) is 12.5. The summed E-state index contributed by atoms with van der Waals surface area (Å²) in [5.74, 6) is -0.214. The van der Waals surface area contributed by atoms with Gasteiger partial charge in [0, 0.05) is 35.1 Å². The van der Waals surface area contributed by atoms with Gasteiger partial charge in [0.1, 0.15) is 11.8 Å². The number of hydrogen-bond acceptors (Lipinski definition) is 3. The van der Waals surface area contributed by atoms with Crippen molar-refractivity contribution >= 4 is 62.5 Å². The van der Waals surface area contributed by atoms with Gasteiger partial charge in [-0.15, -0.1) is 0 Å². The fourth-order valence-corrected chi connectivity index (χ4v) is 4.63. The van der Waals surface area contributed by atoms with Gasteiger partial charge in [0.05, 0.1) is 4.47 Å². The molecule has 0 radical (unpaired) electrons. The van der Waals surface area contributed by atoms with Crippen LogP contribution in [0.25, 0.3) is 0 Å². The fourth-order valence-electron chi connectivity index (χ4n) is 3.37. The molecule has 0 heterocycles. The average Bonchev–Trinajstić information content (AvgIpc) is 2.82. The summed E-state index contributed by atoms with van der Waals surface area (Å²) in [6.07, 6.45) is 0.322. The van der Waals surface area contributed by atoms with Gasteiger partial charge in [-0.25, -0.2) is 0 Å². The summed E-state index contributed by atoms with van der Waals surface area (Å²) in [6, 6.07) is 18.8. The van der Waals surface area contributed by atoms with Crippen molar-refractivity contribution in [3.05, 3.63) is 97.4 Å². The third-order valence-corrected chi connectivity index (χ3v) is 6.56. The molecule has 0 fully saturated rings. The molecule has 0 saturated heterocycles. The van der Waals surface area contributed by atoms with E-state index >= 15 is 0 Å². The number of hydrogen-bond donors (Lipinski definition) is 1. The minimum atomic E-state index is -0.788. The molecule has 178 valence electrons. The lowest BCUT2D eigenvalue weighted by atomic mass is 10.0. The molecular weight excluding hydrogens is 563 g/mol. The van der Waals surface area contributed by atoms with Crippen LogP contribution in [0.15, 0.2) is 71.2 Å².